The molecule has 6 nitrogen and oxygen atoms in total. The average Bonchev–Trinajstić information content (AvgIpc) is 3.16. The van der Waals surface area contributed by atoms with Crippen LogP contribution in [0.15, 0.2) is 36.4 Å². The van der Waals surface area contributed by atoms with E-state index in [1.165, 1.54) is 11.1 Å². The van der Waals surface area contributed by atoms with E-state index in [1.807, 2.05) is 44.2 Å². The number of esters is 1. The first-order chi connectivity index (χ1) is 13.9. The lowest BCUT2D eigenvalue weighted by Gasteiger charge is -2.11. The molecule has 1 aliphatic carbocycles. The molecule has 0 heterocycles. The number of ether oxygens (including phenoxy) is 1. The molecule has 6 heteroatoms. The van der Waals surface area contributed by atoms with Crippen molar-refractivity contribution >= 4 is 23.5 Å². The lowest BCUT2D eigenvalue weighted by atomic mass is 10.0. The molecule has 0 radical (unpaired) electrons. The predicted octanol–water partition coefficient (Wildman–Crippen LogP) is 2.63. The number of nitrogens with one attached hydrogen (secondary N) is 2. The molecule has 0 aliphatic heterocycles. The van der Waals surface area contributed by atoms with Crippen molar-refractivity contribution in [2.45, 2.75) is 39.5 Å². The fraction of sp³-hybridized carbons (Fsp3) is 0.348. The second-order valence-electron chi connectivity index (χ2n) is 7.37. The molecule has 0 atom stereocenters. The van der Waals surface area contributed by atoms with E-state index in [9.17, 15) is 14.4 Å². The Morgan fingerprint density at radius 1 is 1.00 bits per heavy atom. The monoisotopic (exact) mass is 394 g/mol. The van der Waals surface area contributed by atoms with Crippen molar-refractivity contribution in [3.05, 3.63) is 64.2 Å². The minimum atomic E-state index is -0.511. The summed E-state index contributed by atoms with van der Waals surface area (Å²) in [6.07, 6.45) is 3.43. The Kier molecular flexibility index (Phi) is 6.65. The first-order valence-corrected chi connectivity index (χ1v) is 9.81. The molecule has 0 spiro atoms. The van der Waals surface area contributed by atoms with Crippen LogP contribution in [0.4, 0.5) is 5.69 Å². The predicted molar refractivity (Wildman–Crippen MR) is 111 cm³/mol. The van der Waals surface area contributed by atoms with Gasteiger partial charge in [0.1, 0.15) is 0 Å². The summed E-state index contributed by atoms with van der Waals surface area (Å²) in [4.78, 5) is 35.9. The molecule has 0 bridgehead atoms. The van der Waals surface area contributed by atoms with Crippen LogP contribution >= 0.6 is 0 Å². The number of rotatable bonds is 7. The van der Waals surface area contributed by atoms with Crippen LogP contribution in [-0.4, -0.2) is 30.9 Å². The Morgan fingerprint density at radius 2 is 1.79 bits per heavy atom. The molecule has 1 aliphatic rings. The number of carbonyl (C=O) groups is 3. The molecule has 2 aromatic carbocycles. The summed E-state index contributed by atoms with van der Waals surface area (Å²) in [6, 6.07) is 11.7. The summed E-state index contributed by atoms with van der Waals surface area (Å²) in [6.45, 7) is 3.29. The van der Waals surface area contributed by atoms with E-state index in [4.69, 9.17) is 4.74 Å². The normalized spacial score (nSPS) is 12.2. The molecule has 2 N–H and O–H groups in total. The topological polar surface area (TPSA) is 84.5 Å². The molecule has 3 rings (SSSR count). The highest BCUT2D eigenvalue weighted by Crippen LogP contribution is 2.23. The van der Waals surface area contributed by atoms with Crippen molar-refractivity contribution in [1.29, 1.82) is 0 Å². The van der Waals surface area contributed by atoms with Crippen LogP contribution < -0.4 is 10.6 Å². The van der Waals surface area contributed by atoms with Gasteiger partial charge in [0.15, 0.2) is 6.61 Å². The lowest BCUT2D eigenvalue weighted by molar-refractivity contribution is -0.147. The maximum atomic E-state index is 12.0. The smallest absolute Gasteiger partial charge is 0.310 e. The van der Waals surface area contributed by atoms with Crippen molar-refractivity contribution in [1.82, 2.24) is 5.32 Å². The van der Waals surface area contributed by atoms with Crippen molar-refractivity contribution in [3.63, 3.8) is 0 Å². The SMILES string of the molecule is Cc1cccc(NC(=O)CNC(=O)COC(=O)Cc2ccc3c(c2)CCC3)c1C. The Bertz CT molecular complexity index is 936. The number of anilines is 1. The minimum Gasteiger partial charge on any atom is -0.455 e. The number of aryl methyl sites for hydroxylation is 3. The summed E-state index contributed by atoms with van der Waals surface area (Å²) in [5.41, 5.74) is 6.30. The Morgan fingerprint density at radius 3 is 2.62 bits per heavy atom. The third kappa shape index (κ3) is 5.67. The molecule has 152 valence electrons. The van der Waals surface area contributed by atoms with E-state index in [2.05, 4.69) is 16.7 Å². The van der Waals surface area contributed by atoms with Gasteiger partial charge in [-0.3, -0.25) is 14.4 Å². The highest BCUT2D eigenvalue weighted by molar-refractivity contribution is 5.95. The summed E-state index contributed by atoms with van der Waals surface area (Å²) < 4.78 is 5.03. The van der Waals surface area contributed by atoms with Crippen molar-refractivity contribution in [2.24, 2.45) is 0 Å². The zero-order valence-corrected chi connectivity index (χ0v) is 16.8. The number of benzene rings is 2. The molecule has 0 aromatic heterocycles. The first kappa shape index (κ1) is 20.6. The van der Waals surface area contributed by atoms with Gasteiger partial charge in [-0.15, -0.1) is 0 Å². The number of amides is 2. The van der Waals surface area contributed by atoms with Gasteiger partial charge < -0.3 is 15.4 Å². The summed E-state index contributed by atoms with van der Waals surface area (Å²) in [5, 5.41) is 5.22. The van der Waals surface area contributed by atoms with Gasteiger partial charge in [-0.05, 0) is 67.0 Å². The van der Waals surface area contributed by atoms with Crippen LogP contribution in [0.2, 0.25) is 0 Å². The zero-order chi connectivity index (χ0) is 20.8. The van der Waals surface area contributed by atoms with Gasteiger partial charge in [0.2, 0.25) is 5.91 Å². The molecule has 0 saturated carbocycles. The standard InChI is InChI=1S/C23H26N2O4/c1-15-5-3-8-20(16(15)2)25-21(26)13-24-22(27)14-29-23(28)12-17-9-10-18-6-4-7-19(18)11-17/h3,5,8-11H,4,6-7,12-14H2,1-2H3,(H,24,27)(H,25,26). The van der Waals surface area contributed by atoms with Gasteiger partial charge >= 0.3 is 5.97 Å². The Balaban J connectivity index is 1.38. The summed E-state index contributed by atoms with van der Waals surface area (Å²) in [5.74, 6) is -1.31. The first-order valence-electron chi connectivity index (χ1n) is 9.81. The second kappa shape index (κ2) is 9.37. The fourth-order valence-corrected chi connectivity index (χ4v) is 3.41. The molecule has 2 aromatic rings. The highest BCUT2D eigenvalue weighted by Gasteiger charge is 2.14. The fourth-order valence-electron chi connectivity index (χ4n) is 3.41. The third-order valence-electron chi connectivity index (χ3n) is 5.20. The average molecular weight is 394 g/mol. The summed E-state index contributed by atoms with van der Waals surface area (Å²) >= 11 is 0. The number of carbonyl (C=O) groups excluding carboxylic acids is 3. The van der Waals surface area contributed by atoms with Crippen LogP contribution in [0, 0.1) is 13.8 Å². The van der Waals surface area contributed by atoms with Crippen LogP contribution in [0.3, 0.4) is 0 Å². The van der Waals surface area contributed by atoms with E-state index < -0.39 is 18.5 Å². The molecule has 0 unspecified atom stereocenters. The molecule has 0 fully saturated rings. The summed E-state index contributed by atoms with van der Waals surface area (Å²) in [7, 11) is 0. The van der Waals surface area contributed by atoms with Gasteiger partial charge in [-0.2, -0.15) is 0 Å². The maximum Gasteiger partial charge on any atom is 0.310 e. The lowest BCUT2D eigenvalue weighted by Crippen LogP contribution is -2.35. The van der Waals surface area contributed by atoms with Crippen LogP contribution in [0.1, 0.15) is 34.2 Å². The molecular formula is C23H26N2O4. The van der Waals surface area contributed by atoms with E-state index in [-0.39, 0.29) is 18.9 Å². The van der Waals surface area contributed by atoms with Crippen molar-refractivity contribution in [2.75, 3.05) is 18.5 Å². The van der Waals surface area contributed by atoms with E-state index in [0.717, 1.165) is 36.0 Å². The van der Waals surface area contributed by atoms with E-state index in [1.54, 1.807) is 0 Å². The highest BCUT2D eigenvalue weighted by atomic mass is 16.5. The molecule has 2 amide bonds. The van der Waals surface area contributed by atoms with E-state index >= 15 is 0 Å². The number of hydrogen-bond donors (Lipinski definition) is 2. The van der Waals surface area contributed by atoms with Crippen LogP contribution in [-0.2, 0) is 38.4 Å². The number of fused-ring (bicyclic) bond motifs is 1. The van der Waals surface area contributed by atoms with Gasteiger partial charge in [0.25, 0.3) is 5.91 Å². The minimum absolute atomic E-state index is 0.133. The second-order valence-corrected chi connectivity index (χ2v) is 7.37. The van der Waals surface area contributed by atoms with Crippen molar-refractivity contribution in [3.8, 4) is 0 Å². The van der Waals surface area contributed by atoms with Gasteiger partial charge in [-0.25, -0.2) is 0 Å². The van der Waals surface area contributed by atoms with Gasteiger partial charge in [0.05, 0.1) is 13.0 Å². The third-order valence-corrected chi connectivity index (χ3v) is 5.20. The van der Waals surface area contributed by atoms with Gasteiger partial charge in [0, 0.05) is 5.69 Å². The Hall–Kier alpha value is -3.15. The molecule has 29 heavy (non-hydrogen) atoms. The maximum absolute atomic E-state index is 12.0. The zero-order valence-electron chi connectivity index (χ0n) is 16.8. The molecule has 0 saturated heterocycles. The molecular weight excluding hydrogens is 368 g/mol. The largest absolute Gasteiger partial charge is 0.455 e. The Labute approximate surface area is 170 Å². The van der Waals surface area contributed by atoms with E-state index in [0.29, 0.717) is 5.69 Å². The van der Waals surface area contributed by atoms with Crippen LogP contribution in [0.25, 0.3) is 0 Å². The van der Waals surface area contributed by atoms with Crippen molar-refractivity contribution < 1.29 is 19.1 Å². The quantitative estimate of drug-likeness (QED) is 0.707. The van der Waals surface area contributed by atoms with Gasteiger partial charge in [-0.1, -0.05) is 30.3 Å². The van der Waals surface area contributed by atoms with Crippen LogP contribution in [0.5, 0.6) is 0 Å². The number of hydrogen-bond acceptors (Lipinski definition) is 4.